The number of aromatic nitrogens is 2. The fourth-order valence-corrected chi connectivity index (χ4v) is 4.30. The van der Waals surface area contributed by atoms with E-state index in [0.29, 0.717) is 30.5 Å². The van der Waals surface area contributed by atoms with E-state index in [4.69, 9.17) is 14.2 Å². The SMILES string of the molecule is Cc1cc(O[C@H]2CCN([C@@H](C)c3nc4c(cc3F)OCCO4)[C@@H](C)C2)cc(C)n1. The molecule has 2 aromatic rings. The molecule has 0 amide bonds. The summed E-state index contributed by atoms with van der Waals surface area (Å²) in [5.74, 6) is 1.28. The Morgan fingerprint density at radius 3 is 2.59 bits per heavy atom. The first-order valence-electron chi connectivity index (χ1n) is 10.2. The molecule has 6 nitrogen and oxygen atoms in total. The Morgan fingerprint density at radius 1 is 1.14 bits per heavy atom. The third-order valence-corrected chi connectivity index (χ3v) is 5.65. The van der Waals surface area contributed by atoms with Gasteiger partial charge in [0.1, 0.15) is 30.9 Å². The second-order valence-electron chi connectivity index (χ2n) is 7.97. The molecule has 4 heterocycles. The van der Waals surface area contributed by atoms with E-state index in [0.717, 1.165) is 36.5 Å². The van der Waals surface area contributed by atoms with Gasteiger partial charge in [-0.1, -0.05) is 0 Å². The molecule has 29 heavy (non-hydrogen) atoms. The topological polar surface area (TPSA) is 56.7 Å². The Labute approximate surface area is 171 Å². The molecule has 2 aliphatic rings. The van der Waals surface area contributed by atoms with Gasteiger partial charge >= 0.3 is 0 Å². The van der Waals surface area contributed by atoms with Gasteiger partial charge in [-0.25, -0.2) is 9.37 Å². The number of hydrogen-bond donors (Lipinski definition) is 0. The smallest absolute Gasteiger partial charge is 0.257 e. The monoisotopic (exact) mass is 401 g/mol. The summed E-state index contributed by atoms with van der Waals surface area (Å²) in [6.07, 6.45) is 1.88. The molecule has 3 atom stereocenters. The highest BCUT2D eigenvalue weighted by molar-refractivity contribution is 5.37. The first-order valence-corrected chi connectivity index (χ1v) is 10.2. The summed E-state index contributed by atoms with van der Waals surface area (Å²) in [4.78, 5) is 11.1. The lowest BCUT2D eigenvalue weighted by Gasteiger charge is -2.41. The summed E-state index contributed by atoms with van der Waals surface area (Å²) in [5, 5.41) is 0. The van der Waals surface area contributed by atoms with Gasteiger partial charge in [-0.15, -0.1) is 0 Å². The number of piperidine rings is 1. The lowest BCUT2D eigenvalue weighted by molar-refractivity contribution is 0.0374. The molecular formula is C22H28FN3O3. The summed E-state index contributed by atoms with van der Waals surface area (Å²) in [5.41, 5.74) is 2.32. The van der Waals surface area contributed by atoms with Gasteiger partial charge < -0.3 is 14.2 Å². The molecule has 0 aliphatic carbocycles. The number of rotatable bonds is 4. The van der Waals surface area contributed by atoms with Crippen molar-refractivity contribution in [1.29, 1.82) is 0 Å². The van der Waals surface area contributed by atoms with Gasteiger partial charge in [-0.2, -0.15) is 0 Å². The Kier molecular flexibility index (Phi) is 5.58. The fourth-order valence-electron chi connectivity index (χ4n) is 4.30. The number of fused-ring (bicyclic) bond motifs is 1. The molecule has 4 rings (SSSR count). The molecule has 0 N–H and O–H groups in total. The number of halogens is 1. The molecule has 0 bridgehead atoms. The Balaban J connectivity index is 1.44. The van der Waals surface area contributed by atoms with E-state index in [1.54, 1.807) is 0 Å². The van der Waals surface area contributed by atoms with E-state index in [-0.39, 0.29) is 24.0 Å². The number of aryl methyl sites for hydroxylation is 2. The molecule has 0 unspecified atom stereocenters. The van der Waals surface area contributed by atoms with Crippen molar-refractivity contribution in [3.63, 3.8) is 0 Å². The maximum Gasteiger partial charge on any atom is 0.257 e. The van der Waals surface area contributed by atoms with Crippen molar-refractivity contribution >= 4 is 0 Å². The molecule has 1 fully saturated rings. The summed E-state index contributed by atoms with van der Waals surface area (Å²) >= 11 is 0. The van der Waals surface area contributed by atoms with Crippen LogP contribution in [0.4, 0.5) is 4.39 Å². The van der Waals surface area contributed by atoms with Gasteiger partial charge in [0.25, 0.3) is 5.88 Å². The van der Waals surface area contributed by atoms with Gasteiger partial charge in [0.05, 0.1) is 11.7 Å². The molecule has 7 heteroatoms. The maximum atomic E-state index is 14.7. The number of nitrogens with zero attached hydrogens (tertiary/aromatic N) is 3. The lowest BCUT2D eigenvalue weighted by Crippen LogP contribution is -2.45. The Hall–Kier alpha value is -2.41. The predicted octanol–water partition coefficient (Wildman–Crippen LogP) is 4.00. The average Bonchev–Trinajstić information content (AvgIpc) is 2.66. The van der Waals surface area contributed by atoms with Crippen LogP contribution in [-0.4, -0.2) is 46.8 Å². The molecule has 0 radical (unpaired) electrons. The van der Waals surface area contributed by atoms with Crippen molar-refractivity contribution in [1.82, 2.24) is 14.9 Å². The average molecular weight is 401 g/mol. The standard InChI is InChI=1S/C22H28FN3O3/c1-13-9-18(10-14(2)24-13)29-17-5-6-26(15(3)11-17)16(4)21-19(23)12-20-22(25-21)28-8-7-27-20/h9-10,12,15-17H,5-8,11H2,1-4H3/t15-,16-,17-/m0/s1. The van der Waals surface area contributed by atoms with Crippen LogP contribution >= 0.6 is 0 Å². The highest BCUT2D eigenvalue weighted by Gasteiger charge is 2.33. The minimum atomic E-state index is -0.352. The van der Waals surface area contributed by atoms with Crippen LogP contribution in [0, 0.1) is 19.7 Å². The molecule has 2 aromatic heterocycles. The summed E-state index contributed by atoms with van der Waals surface area (Å²) in [6, 6.07) is 5.42. The van der Waals surface area contributed by atoms with E-state index in [1.165, 1.54) is 6.07 Å². The molecule has 0 spiro atoms. The zero-order chi connectivity index (χ0) is 20.5. The maximum absolute atomic E-state index is 14.7. The third-order valence-electron chi connectivity index (χ3n) is 5.65. The van der Waals surface area contributed by atoms with Crippen molar-refractivity contribution in [3.8, 4) is 17.4 Å². The molecule has 0 aromatic carbocycles. The van der Waals surface area contributed by atoms with Gasteiger partial charge in [-0.05, 0) is 40.5 Å². The van der Waals surface area contributed by atoms with Crippen molar-refractivity contribution < 1.29 is 18.6 Å². The molecule has 156 valence electrons. The molecule has 1 saturated heterocycles. The first kappa shape index (κ1) is 19.9. The third kappa shape index (κ3) is 4.29. The van der Waals surface area contributed by atoms with Crippen molar-refractivity contribution in [2.75, 3.05) is 19.8 Å². The zero-order valence-electron chi connectivity index (χ0n) is 17.4. The normalized spacial score (nSPS) is 22.9. The minimum Gasteiger partial charge on any atom is -0.490 e. The van der Waals surface area contributed by atoms with Crippen molar-refractivity contribution in [2.24, 2.45) is 0 Å². The highest BCUT2D eigenvalue weighted by atomic mass is 19.1. The zero-order valence-corrected chi connectivity index (χ0v) is 17.4. The van der Waals surface area contributed by atoms with Crippen LogP contribution in [0.3, 0.4) is 0 Å². The van der Waals surface area contributed by atoms with Crippen LogP contribution < -0.4 is 14.2 Å². The van der Waals surface area contributed by atoms with E-state index in [2.05, 4.69) is 21.8 Å². The summed E-state index contributed by atoms with van der Waals surface area (Å²) < 4.78 is 31.9. The number of hydrogen-bond acceptors (Lipinski definition) is 6. The number of likely N-dealkylation sites (tertiary alicyclic amines) is 1. The van der Waals surface area contributed by atoms with Crippen LogP contribution in [0.25, 0.3) is 0 Å². The number of pyridine rings is 2. The van der Waals surface area contributed by atoms with Crippen LogP contribution in [0.2, 0.25) is 0 Å². The quantitative estimate of drug-likeness (QED) is 0.772. The van der Waals surface area contributed by atoms with E-state index in [1.807, 2.05) is 32.9 Å². The number of ether oxygens (including phenoxy) is 3. The highest BCUT2D eigenvalue weighted by Crippen LogP contribution is 2.35. The van der Waals surface area contributed by atoms with Gasteiger partial charge in [-0.3, -0.25) is 9.88 Å². The molecule has 2 aliphatic heterocycles. The van der Waals surface area contributed by atoms with Gasteiger partial charge in [0, 0.05) is 42.2 Å². The van der Waals surface area contributed by atoms with Crippen molar-refractivity contribution in [3.05, 3.63) is 41.1 Å². The Morgan fingerprint density at radius 2 is 1.86 bits per heavy atom. The van der Waals surface area contributed by atoms with E-state index >= 15 is 0 Å². The fraction of sp³-hybridized carbons (Fsp3) is 0.545. The van der Waals surface area contributed by atoms with Crippen LogP contribution in [-0.2, 0) is 0 Å². The van der Waals surface area contributed by atoms with Gasteiger partial charge in [0.2, 0.25) is 0 Å². The summed E-state index contributed by atoms with van der Waals surface area (Å²) in [6.45, 7) is 9.77. The first-order chi connectivity index (χ1) is 13.9. The van der Waals surface area contributed by atoms with Crippen LogP contribution in [0.5, 0.6) is 17.4 Å². The van der Waals surface area contributed by atoms with Gasteiger partial charge in [0.15, 0.2) is 5.75 Å². The van der Waals surface area contributed by atoms with E-state index < -0.39 is 0 Å². The molecular weight excluding hydrogens is 373 g/mol. The summed E-state index contributed by atoms with van der Waals surface area (Å²) in [7, 11) is 0. The minimum absolute atomic E-state index is 0.132. The largest absolute Gasteiger partial charge is 0.490 e. The second-order valence-corrected chi connectivity index (χ2v) is 7.97. The lowest BCUT2D eigenvalue weighted by atomic mass is 9.97. The van der Waals surface area contributed by atoms with Crippen LogP contribution in [0.1, 0.15) is 49.8 Å². The predicted molar refractivity (Wildman–Crippen MR) is 107 cm³/mol. The van der Waals surface area contributed by atoms with Crippen LogP contribution in [0.15, 0.2) is 18.2 Å². The Bertz CT molecular complexity index is 872. The van der Waals surface area contributed by atoms with E-state index in [9.17, 15) is 4.39 Å². The van der Waals surface area contributed by atoms with Crippen molar-refractivity contribution in [2.45, 2.75) is 58.7 Å². The second kappa shape index (κ2) is 8.14. The molecule has 0 saturated carbocycles.